The summed E-state index contributed by atoms with van der Waals surface area (Å²) in [6.45, 7) is 0. The Morgan fingerprint density at radius 2 is 1.69 bits per heavy atom. The largest absolute Gasteiger partial charge is 0.508 e. The van der Waals surface area contributed by atoms with E-state index in [2.05, 4.69) is 6.07 Å². The number of aryl methyl sites for hydroxylation is 1. The maximum Gasteiger partial charge on any atom is 0.170 e. The minimum Gasteiger partial charge on any atom is -0.508 e. The van der Waals surface area contributed by atoms with E-state index in [0.717, 1.165) is 23.3 Å². The predicted octanol–water partition coefficient (Wildman–Crippen LogP) is 5.00. The average molecular weight is 346 g/mol. The maximum atomic E-state index is 13.1. The zero-order valence-electron chi connectivity index (χ0n) is 14.8. The molecule has 3 aromatic rings. The quantitative estimate of drug-likeness (QED) is 0.612. The van der Waals surface area contributed by atoms with Crippen LogP contribution < -0.4 is 4.74 Å². The van der Waals surface area contributed by atoms with Crippen molar-refractivity contribution >= 4 is 5.78 Å². The molecule has 0 spiro atoms. The van der Waals surface area contributed by atoms with E-state index in [0.29, 0.717) is 12.0 Å². The second-order valence-corrected chi connectivity index (χ2v) is 6.26. The van der Waals surface area contributed by atoms with Crippen LogP contribution in [0.3, 0.4) is 0 Å². The third-order valence-electron chi connectivity index (χ3n) is 4.53. The highest BCUT2D eigenvalue weighted by Gasteiger charge is 2.22. The number of ketones is 1. The lowest BCUT2D eigenvalue weighted by atomic mass is 9.86. The van der Waals surface area contributed by atoms with Crippen LogP contribution in [0.15, 0.2) is 78.9 Å². The van der Waals surface area contributed by atoms with Gasteiger partial charge in [-0.25, -0.2) is 0 Å². The number of benzene rings is 3. The fourth-order valence-corrected chi connectivity index (χ4v) is 3.10. The van der Waals surface area contributed by atoms with E-state index in [1.807, 2.05) is 48.5 Å². The molecule has 0 unspecified atom stereocenters. The van der Waals surface area contributed by atoms with Crippen LogP contribution >= 0.6 is 0 Å². The molecule has 26 heavy (non-hydrogen) atoms. The lowest BCUT2D eigenvalue weighted by Crippen LogP contribution is -2.14. The summed E-state index contributed by atoms with van der Waals surface area (Å²) in [7, 11) is 1.65. The summed E-state index contributed by atoms with van der Waals surface area (Å²) in [6.07, 6.45) is 1.48. The number of rotatable bonds is 7. The van der Waals surface area contributed by atoms with E-state index in [4.69, 9.17) is 4.74 Å². The van der Waals surface area contributed by atoms with Crippen molar-refractivity contribution in [1.29, 1.82) is 0 Å². The van der Waals surface area contributed by atoms with Crippen molar-refractivity contribution in [3.8, 4) is 11.5 Å². The Bertz CT molecular complexity index is 854. The third-order valence-corrected chi connectivity index (χ3v) is 4.53. The van der Waals surface area contributed by atoms with Crippen molar-refractivity contribution < 1.29 is 14.6 Å². The van der Waals surface area contributed by atoms with Gasteiger partial charge < -0.3 is 9.84 Å². The van der Waals surface area contributed by atoms with Crippen molar-refractivity contribution in [3.63, 3.8) is 0 Å². The van der Waals surface area contributed by atoms with Crippen LogP contribution in [0.2, 0.25) is 0 Å². The Hall–Kier alpha value is -3.07. The lowest BCUT2D eigenvalue weighted by Gasteiger charge is -2.17. The zero-order chi connectivity index (χ0) is 18.4. The molecule has 3 heteroatoms. The van der Waals surface area contributed by atoms with E-state index in [9.17, 15) is 9.90 Å². The number of hydrogen-bond acceptors (Lipinski definition) is 3. The van der Waals surface area contributed by atoms with Gasteiger partial charge in [0.2, 0.25) is 0 Å². The van der Waals surface area contributed by atoms with Gasteiger partial charge in [0.15, 0.2) is 5.78 Å². The Morgan fingerprint density at radius 1 is 0.962 bits per heavy atom. The van der Waals surface area contributed by atoms with Crippen LogP contribution in [0.25, 0.3) is 0 Å². The SMILES string of the molecule is COc1cccc(CC[C@H](C(=O)c2ccc(O)cc2)c2ccccc2)c1. The molecule has 0 aromatic heterocycles. The maximum absolute atomic E-state index is 13.1. The summed E-state index contributed by atoms with van der Waals surface area (Å²) in [6, 6.07) is 24.3. The van der Waals surface area contributed by atoms with E-state index in [1.54, 1.807) is 31.4 Å². The molecule has 0 aliphatic heterocycles. The minimum absolute atomic E-state index is 0.0686. The van der Waals surface area contributed by atoms with Gasteiger partial charge in [-0.2, -0.15) is 0 Å². The molecule has 0 aliphatic rings. The predicted molar refractivity (Wildman–Crippen MR) is 103 cm³/mol. The van der Waals surface area contributed by atoms with E-state index >= 15 is 0 Å². The van der Waals surface area contributed by atoms with Crippen molar-refractivity contribution in [2.45, 2.75) is 18.8 Å². The van der Waals surface area contributed by atoms with Crippen molar-refractivity contribution in [2.24, 2.45) is 0 Å². The van der Waals surface area contributed by atoms with Crippen LogP contribution in [0.1, 0.15) is 33.8 Å². The highest BCUT2D eigenvalue weighted by molar-refractivity contribution is 6.01. The molecule has 0 aliphatic carbocycles. The van der Waals surface area contributed by atoms with Gasteiger partial charge in [0.05, 0.1) is 7.11 Å². The monoisotopic (exact) mass is 346 g/mol. The number of carbonyl (C=O) groups is 1. The van der Waals surface area contributed by atoms with Gasteiger partial charge in [-0.05, 0) is 60.4 Å². The van der Waals surface area contributed by atoms with E-state index in [-0.39, 0.29) is 17.5 Å². The van der Waals surface area contributed by atoms with Gasteiger partial charge in [-0.15, -0.1) is 0 Å². The lowest BCUT2D eigenvalue weighted by molar-refractivity contribution is 0.0955. The molecule has 132 valence electrons. The molecule has 1 atom stereocenters. The summed E-state index contributed by atoms with van der Waals surface area (Å²) in [5.74, 6) is 0.823. The molecule has 1 N–H and O–H groups in total. The van der Waals surface area contributed by atoms with Gasteiger partial charge in [-0.3, -0.25) is 4.79 Å². The Kier molecular flexibility index (Phi) is 5.69. The van der Waals surface area contributed by atoms with Gasteiger partial charge in [0.25, 0.3) is 0 Å². The molecule has 3 aromatic carbocycles. The molecule has 0 fully saturated rings. The van der Waals surface area contributed by atoms with E-state index in [1.165, 1.54) is 0 Å². The first-order valence-electron chi connectivity index (χ1n) is 8.68. The highest BCUT2D eigenvalue weighted by Crippen LogP contribution is 2.27. The second kappa shape index (κ2) is 8.34. The van der Waals surface area contributed by atoms with Crippen LogP contribution in [0.5, 0.6) is 11.5 Å². The van der Waals surface area contributed by atoms with E-state index < -0.39 is 0 Å². The average Bonchev–Trinajstić information content (AvgIpc) is 2.69. The number of methoxy groups -OCH3 is 1. The number of aromatic hydroxyl groups is 1. The first-order chi connectivity index (χ1) is 12.7. The zero-order valence-corrected chi connectivity index (χ0v) is 14.8. The fourth-order valence-electron chi connectivity index (χ4n) is 3.10. The Balaban J connectivity index is 1.83. The van der Waals surface area contributed by atoms with Crippen LogP contribution in [-0.4, -0.2) is 18.0 Å². The molecule has 0 bridgehead atoms. The molecule has 0 radical (unpaired) electrons. The molecule has 3 nitrogen and oxygen atoms in total. The molecule has 0 saturated carbocycles. The molecule has 0 heterocycles. The second-order valence-electron chi connectivity index (χ2n) is 6.26. The Morgan fingerprint density at radius 3 is 2.38 bits per heavy atom. The van der Waals surface area contributed by atoms with Crippen LogP contribution in [0, 0.1) is 0 Å². The van der Waals surface area contributed by atoms with Crippen molar-refractivity contribution in [2.75, 3.05) is 7.11 Å². The van der Waals surface area contributed by atoms with Gasteiger partial charge >= 0.3 is 0 Å². The fraction of sp³-hybridized carbons (Fsp3) is 0.174. The first-order valence-corrected chi connectivity index (χ1v) is 8.68. The Labute approximate surface area is 153 Å². The smallest absolute Gasteiger partial charge is 0.170 e. The van der Waals surface area contributed by atoms with Gasteiger partial charge in [0, 0.05) is 11.5 Å². The molecule has 0 saturated heterocycles. The molecular formula is C23H22O3. The molecule has 0 amide bonds. The minimum atomic E-state index is -0.230. The van der Waals surface area contributed by atoms with Gasteiger partial charge in [0.1, 0.15) is 11.5 Å². The highest BCUT2D eigenvalue weighted by atomic mass is 16.5. The molecule has 3 rings (SSSR count). The number of Topliss-reactive ketones (excluding diaryl/α,β-unsaturated/α-hetero) is 1. The van der Waals surface area contributed by atoms with Crippen LogP contribution in [-0.2, 0) is 6.42 Å². The number of phenolic OH excluding ortho intramolecular Hbond substituents is 1. The number of carbonyl (C=O) groups excluding carboxylic acids is 1. The summed E-state index contributed by atoms with van der Waals surface area (Å²) in [5, 5.41) is 9.47. The summed E-state index contributed by atoms with van der Waals surface area (Å²) in [5.41, 5.74) is 2.76. The van der Waals surface area contributed by atoms with Crippen molar-refractivity contribution in [1.82, 2.24) is 0 Å². The number of ether oxygens (including phenoxy) is 1. The first kappa shape index (κ1) is 17.7. The van der Waals surface area contributed by atoms with Crippen molar-refractivity contribution in [3.05, 3.63) is 95.6 Å². The third kappa shape index (κ3) is 4.31. The molecular weight excluding hydrogens is 324 g/mol. The number of phenols is 1. The number of hydrogen-bond donors (Lipinski definition) is 1. The van der Waals surface area contributed by atoms with Gasteiger partial charge in [-0.1, -0.05) is 42.5 Å². The normalized spacial score (nSPS) is 11.7. The summed E-state index contributed by atoms with van der Waals surface area (Å²) >= 11 is 0. The summed E-state index contributed by atoms with van der Waals surface area (Å²) < 4.78 is 5.28. The van der Waals surface area contributed by atoms with Crippen LogP contribution in [0.4, 0.5) is 0 Å². The standard InChI is InChI=1S/C23H22O3/c1-26-21-9-5-6-17(16-21)10-15-22(18-7-3-2-4-8-18)23(25)19-11-13-20(24)14-12-19/h2-9,11-14,16,22,24H,10,15H2,1H3/t22-/m0/s1. The topological polar surface area (TPSA) is 46.5 Å². The summed E-state index contributed by atoms with van der Waals surface area (Å²) in [4.78, 5) is 13.1.